The van der Waals surface area contributed by atoms with Crippen LogP contribution in [0.25, 0.3) is 16.6 Å². The van der Waals surface area contributed by atoms with Crippen molar-refractivity contribution in [3.05, 3.63) is 53.3 Å². The maximum Gasteiger partial charge on any atom is 0.336 e. The van der Waals surface area contributed by atoms with Crippen LogP contribution in [0.1, 0.15) is 34.6 Å². The number of pyridine rings is 1. The molecule has 7 heteroatoms. The van der Waals surface area contributed by atoms with Crippen molar-refractivity contribution in [2.45, 2.75) is 19.9 Å². The molecule has 0 aliphatic carbocycles. The Hall–Kier alpha value is -3.03. The highest BCUT2D eigenvalue weighted by molar-refractivity contribution is 5.92. The summed E-state index contributed by atoms with van der Waals surface area (Å²) >= 11 is 0. The third-order valence-corrected chi connectivity index (χ3v) is 6.12. The van der Waals surface area contributed by atoms with E-state index in [1.807, 2.05) is 31.2 Å². The van der Waals surface area contributed by atoms with Gasteiger partial charge in [0.05, 0.1) is 18.8 Å². The van der Waals surface area contributed by atoms with E-state index in [4.69, 9.17) is 14.2 Å². The molecule has 1 atom stereocenters. The van der Waals surface area contributed by atoms with Crippen LogP contribution in [-0.2, 0) is 4.74 Å². The van der Waals surface area contributed by atoms with Crippen molar-refractivity contribution in [3.63, 3.8) is 0 Å². The van der Waals surface area contributed by atoms with Crippen LogP contribution in [0.15, 0.2) is 36.5 Å². The summed E-state index contributed by atoms with van der Waals surface area (Å²) < 4.78 is 18.6. The van der Waals surface area contributed by atoms with E-state index in [0.717, 1.165) is 52.5 Å². The largest absolute Gasteiger partial charge is 0.478 e. The number of morpholine rings is 1. The second kappa shape index (κ2) is 7.34. The molecule has 1 fully saturated rings. The molecule has 0 radical (unpaired) electrons. The number of carboxylic acids is 1. The second-order valence-corrected chi connectivity index (χ2v) is 7.79. The van der Waals surface area contributed by atoms with Gasteiger partial charge in [-0.15, -0.1) is 0 Å². The molecule has 7 nitrogen and oxygen atoms in total. The van der Waals surface area contributed by atoms with Crippen molar-refractivity contribution in [3.8, 4) is 22.6 Å². The van der Waals surface area contributed by atoms with E-state index < -0.39 is 5.97 Å². The maximum atomic E-state index is 11.9. The molecule has 1 aromatic carbocycles. The molecule has 0 amide bonds. The third kappa shape index (κ3) is 3.11. The van der Waals surface area contributed by atoms with Gasteiger partial charge in [-0.1, -0.05) is 6.07 Å². The Morgan fingerprint density at radius 3 is 2.60 bits per heavy atom. The van der Waals surface area contributed by atoms with E-state index in [1.165, 1.54) is 0 Å². The summed E-state index contributed by atoms with van der Waals surface area (Å²) in [6, 6.07) is 9.71. The fourth-order valence-electron chi connectivity index (χ4n) is 4.48. The van der Waals surface area contributed by atoms with Crippen LogP contribution in [0.5, 0.6) is 11.5 Å². The minimum absolute atomic E-state index is 0.0627. The molecule has 1 N–H and O–H groups in total. The average molecular weight is 408 g/mol. The van der Waals surface area contributed by atoms with E-state index >= 15 is 0 Å². The lowest BCUT2D eigenvalue weighted by Gasteiger charge is -2.33. The summed E-state index contributed by atoms with van der Waals surface area (Å²) in [5.41, 5.74) is 5.00. The van der Waals surface area contributed by atoms with Crippen LogP contribution >= 0.6 is 0 Å². The molecule has 0 spiro atoms. The molecule has 2 aromatic heterocycles. The molecule has 30 heavy (non-hydrogen) atoms. The molecule has 3 aromatic rings. The first-order valence-electron chi connectivity index (χ1n) is 10.1. The van der Waals surface area contributed by atoms with Crippen LogP contribution in [0.4, 0.5) is 0 Å². The Morgan fingerprint density at radius 2 is 1.83 bits per heavy atom. The Bertz CT molecular complexity index is 1130. The second-order valence-electron chi connectivity index (χ2n) is 7.79. The number of fused-ring (bicyclic) bond motifs is 2. The average Bonchev–Trinajstić information content (AvgIpc) is 3.39. The Kier molecular flexibility index (Phi) is 4.64. The van der Waals surface area contributed by atoms with Crippen LogP contribution in [0.2, 0.25) is 0 Å². The zero-order valence-electron chi connectivity index (χ0n) is 17.1. The van der Waals surface area contributed by atoms with Gasteiger partial charge >= 0.3 is 5.97 Å². The molecule has 0 saturated carbocycles. The highest BCUT2D eigenvalue weighted by Crippen LogP contribution is 2.37. The molecular weight excluding hydrogens is 384 g/mol. The SMILES string of the molecule is Cc1c(C(=O)O)cc2cc(-c3ccc4c(c3)OCO4)cn2c1C(C)N1CCOCC1. The van der Waals surface area contributed by atoms with Gasteiger partial charge in [-0.25, -0.2) is 4.79 Å². The van der Waals surface area contributed by atoms with Crippen molar-refractivity contribution in [2.75, 3.05) is 33.1 Å². The van der Waals surface area contributed by atoms with Gasteiger partial charge in [-0.3, -0.25) is 4.90 Å². The molecule has 2 aliphatic heterocycles. The molecule has 1 unspecified atom stereocenters. The number of aromatic carboxylic acids is 1. The lowest BCUT2D eigenvalue weighted by atomic mass is 10.0. The molecule has 1 saturated heterocycles. The van der Waals surface area contributed by atoms with Gasteiger partial charge in [-0.2, -0.15) is 0 Å². The number of benzene rings is 1. The summed E-state index contributed by atoms with van der Waals surface area (Å²) in [4.78, 5) is 14.3. The standard InChI is InChI=1S/C23H24N2O5/c1-14-19(23(26)27)11-18-9-17(16-3-4-20-21(10-16)30-13-29-20)12-25(18)22(14)15(2)24-5-7-28-8-6-24/h3-4,9-12,15H,5-8,13H2,1-2H3,(H,26,27). The number of carbonyl (C=O) groups is 1. The van der Waals surface area contributed by atoms with Crippen molar-refractivity contribution in [2.24, 2.45) is 0 Å². The minimum Gasteiger partial charge on any atom is -0.478 e. The van der Waals surface area contributed by atoms with E-state index in [-0.39, 0.29) is 12.8 Å². The first-order valence-corrected chi connectivity index (χ1v) is 10.1. The summed E-state index contributed by atoms with van der Waals surface area (Å²) in [7, 11) is 0. The highest BCUT2D eigenvalue weighted by atomic mass is 16.7. The first-order chi connectivity index (χ1) is 14.5. The van der Waals surface area contributed by atoms with Crippen molar-refractivity contribution >= 4 is 11.5 Å². The van der Waals surface area contributed by atoms with Gasteiger partial charge in [-0.05, 0) is 49.2 Å². The minimum atomic E-state index is -0.906. The van der Waals surface area contributed by atoms with E-state index in [2.05, 4.69) is 22.4 Å². The van der Waals surface area contributed by atoms with E-state index in [1.54, 1.807) is 6.07 Å². The summed E-state index contributed by atoms with van der Waals surface area (Å²) in [5.74, 6) is 0.566. The fraction of sp³-hybridized carbons (Fsp3) is 0.348. The van der Waals surface area contributed by atoms with Gasteiger partial charge < -0.3 is 23.7 Å². The van der Waals surface area contributed by atoms with Gasteiger partial charge in [0, 0.05) is 42.1 Å². The summed E-state index contributed by atoms with van der Waals surface area (Å²) in [5, 5.41) is 9.80. The zero-order valence-corrected chi connectivity index (χ0v) is 17.1. The topological polar surface area (TPSA) is 72.6 Å². The van der Waals surface area contributed by atoms with Gasteiger partial charge in [0.2, 0.25) is 6.79 Å². The summed E-state index contributed by atoms with van der Waals surface area (Å²) in [6.07, 6.45) is 2.08. The molecule has 4 heterocycles. The Morgan fingerprint density at radius 1 is 1.07 bits per heavy atom. The highest BCUT2D eigenvalue weighted by Gasteiger charge is 2.25. The lowest BCUT2D eigenvalue weighted by Crippen LogP contribution is -2.39. The van der Waals surface area contributed by atoms with Crippen molar-refractivity contribution in [1.82, 2.24) is 9.30 Å². The predicted octanol–water partition coefficient (Wildman–Crippen LogP) is 3.73. The van der Waals surface area contributed by atoms with E-state index in [9.17, 15) is 9.90 Å². The predicted molar refractivity (Wildman–Crippen MR) is 111 cm³/mol. The third-order valence-electron chi connectivity index (χ3n) is 6.12. The Balaban J connectivity index is 1.65. The molecular formula is C23H24N2O5. The molecule has 5 rings (SSSR count). The van der Waals surface area contributed by atoms with Crippen molar-refractivity contribution < 1.29 is 24.1 Å². The summed E-state index contributed by atoms with van der Waals surface area (Å²) in [6.45, 7) is 7.32. The Labute approximate surface area is 174 Å². The number of rotatable bonds is 4. The molecule has 2 aliphatic rings. The normalized spacial score (nSPS) is 17.4. The van der Waals surface area contributed by atoms with Crippen LogP contribution in [-0.4, -0.2) is 53.5 Å². The lowest BCUT2D eigenvalue weighted by molar-refractivity contribution is 0.0187. The maximum absolute atomic E-state index is 11.9. The van der Waals surface area contributed by atoms with Crippen LogP contribution in [0, 0.1) is 6.92 Å². The number of aromatic nitrogens is 1. The van der Waals surface area contributed by atoms with Gasteiger partial charge in [0.15, 0.2) is 11.5 Å². The molecule has 156 valence electrons. The monoisotopic (exact) mass is 408 g/mol. The van der Waals surface area contributed by atoms with Crippen molar-refractivity contribution in [1.29, 1.82) is 0 Å². The first kappa shape index (κ1) is 19.0. The number of hydrogen-bond donors (Lipinski definition) is 1. The fourth-order valence-corrected chi connectivity index (χ4v) is 4.48. The number of hydrogen-bond acceptors (Lipinski definition) is 5. The quantitative estimate of drug-likeness (QED) is 0.709. The van der Waals surface area contributed by atoms with Crippen LogP contribution in [0.3, 0.4) is 0 Å². The number of nitrogens with zero attached hydrogens (tertiary/aromatic N) is 2. The van der Waals surface area contributed by atoms with Gasteiger partial charge in [0.25, 0.3) is 0 Å². The number of ether oxygens (including phenoxy) is 3. The van der Waals surface area contributed by atoms with E-state index in [0.29, 0.717) is 18.8 Å². The van der Waals surface area contributed by atoms with Crippen LogP contribution < -0.4 is 9.47 Å². The number of carboxylic acid groups (broad SMARTS) is 1. The van der Waals surface area contributed by atoms with Gasteiger partial charge in [0.1, 0.15) is 0 Å². The zero-order chi connectivity index (χ0) is 20.8. The molecule has 0 bridgehead atoms. The smallest absolute Gasteiger partial charge is 0.336 e.